The van der Waals surface area contributed by atoms with Gasteiger partial charge in [-0.05, 0) is 12.8 Å². The van der Waals surface area contributed by atoms with Gasteiger partial charge in [0.2, 0.25) is 0 Å². The largest absolute Gasteiger partial charge is 0.493 e. The molecule has 216 valence electrons. The van der Waals surface area contributed by atoms with Gasteiger partial charge in [0.25, 0.3) is 0 Å². The molecule has 0 saturated heterocycles. The summed E-state index contributed by atoms with van der Waals surface area (Å²) >= 11 is 0. The van der Waals surface area contributed by atoms with Crippen LogP contribution in [-0.2, 0) is 0 Å². The van der Waals surface area contributed by atoms with Crippen molar-refractivity contribution < 1.29 is 14.2 Å². The van der Waals surface area contributed by atoms with Crippen molar-refractivity contribution in [2.24, 2.45) is 0 Å². The monoisotopic (exact) mass is 526 g/mol. The Bertz CT molecular complexity index is 831. The molecular weight excluding hydrogens is 468 g/mol. The summed E-state index contributed by atoms with van der Waals surface area (Å²) in [7, 11) is 1.73. The Hall–Kier alpha value is -1.90. The molecule has 0 aromatic heterocycles. The average molecular weight is 527 g/mol. The van der Waals surface area contributed by atoms with Gasteiger partial charge in [-0.2, -0.15) is 0 Å². The van der Waals surface area contributed by atoms with Crippen LogP contribution in [0.1, 0.15) is 142 Å². The summed E-state index contributed by atoms with van der Waals surface area (Å²) in [6.07, 6.45) is 26.6. The van der Waals surface area contributed by atoms with E-state index in [0.29, 0.717) is 0 Å². The van der Waals surface area contributed by atoms with Gasteiger partial charge in [-0.1, -0.05) is 154 Å². The Morgan fingerprint density at radius 3 is 1.37 bits per heavy atom. The lowest BCUT2D eigenvalue weighted by molar-refractivity contribution is 0.283. The Labute approximate surface area is 235 Å². The molecule has 2 aromatic rings. The maximum atomic E-state index is 6.30. The van der Waals surface area contributed by atoms with Crippen molar-refractivity contribution in [1.29, 1.82) is 0 Å². The van der Waals surface area contributed by atoms with Crippen LogP contribution in [0.25, 0.3) is 10.8 Å². The first-order valence-corrected chi connectivity index (χ1v) is 16.2. The Morgan fingerprint density at radius 2 is 0.895 bits per heavy atom. The minimum atomic E-state index is 0.732. The second kappa shape index (κ2) is 22.0. The summed E-state index contributed by atoms with van der Waals surface area (Å²) in [5.41, 5.74) is 0. The summed E-state index contributed by atoms with van der Waals surface area (Å²) in [6, 6.07) is 10.4. The molecule has 0 bridgehead atoms. The highest BCUT2D eigenvalue weighted by Crippen LogP contribution is 2.41. The summed E-state index contributed by atoms with van der Waals surface area (Å²) in [5, 5.41) is 2.19. The maximum absolute atomic E-state index is 6.30. The molecule has 0 saturated carbocycles. The molecule has 2 aromatic carbocycles. The quantitative estimate of drug-likeness (QED) is 0.120. The van der Waals surface area contributed by atoms with Gasteiger partial charge in [0.15, 0.2) is 11.5 Å². The number of fused-ring (bicyclic) bond motifs is 1. The SMILES string of the molecule is CCCCCCCCCCCCOc1cc(OC)c(OCCCCCCCCCCCC)c2ccccc12. The highest BCUT2D eigenvalue weighted by Gasteiger charge is 2.15. The zero-order valence-corrected chi connectivity index (χ0v) is 25.2. The summed E-state index contributed by atoms with van der Waals surface area (Å²) in [6.45, 7) is 6.05. The van der Waals surface area contributed by atoms with Crippen LogP contribution in [0.2, 0.25) is 0 Å². The van der Waals surface area contributed by atoms with Crippen LogP contribution in [-0.4, -0.2) is 20.3 Å². The normalized spacial score (nSPS) is 11.2. The van der Waals surface area contributed by atoms with Gasteiger partial charge in [-0.25, -0.2) is 0 Å². The fourth-order valence-corrected chi connectivity index (χ4v) is 5.25. The van der Waals surface area contributed by atoms with E-state index < -0.39 is 0 Å². The number of benzene rings is 2. The zero-order valence-electron chi connectivity index (χ0n) is 25.2. The molecule has 2 rings (SSSR count). The first-order chi connectivity index (χ1) is 18.8. The third-order valence-corrected chi connectivity index (χ3v) is 7.64. The first kappa shape index (κ1) is 32.3. The molecule has 0 aliphatic rings. The van der Waals surface area contributed by atoms with E-state index in [1.54, 1.807) is 7.11 Å². The molecular formula is C35H58O3. The topological polar surface area (TPSA) is 27.7 Å². The van der Waals surface area contributed by atoms with Crippen molar-refractivity contribution in [3.8, 4) is 17.2 Å². The first-order valence-electron chi connectivity index (χ1n) is 16.2. The Balaban J connectivity index is 1.72. The average Bonchev–Trinajstić information content (AvgIpc) is 2.95. The summed E-state index contributed by atoms with van der Waals surface area (Å²) in [4.78, 5) is 0. The second-order valence-electron chi connectivity index (χ2n) is 11.0. The second-order valence-corrected chi connectivity index (χ2v) is 11.0. The van der Waals surface area contributed by atoms with E-state index in [4.69, 9.17) is 14.2 Å². The number of unbranched alkanes of at least 4 members (excludes halogenated alkanes) is 18. The molecule has 38 heavy (non-hydrogen) atoms. The molecule has 0 fully saturated rings. The molecule has 0 aliphatic carbocycles. The highest BCUT2D eigenvalue weighted by atomic mass is 16.5. The number of methoxy groups -OCH3 is 1. The number of ether oxygens (including phenoxy) is 3. The van der Waals surface area contributed by atoms with Gasteiger partial charge < -0.3 is 14.2 Å². The molecule has 3 nitrogen and oxygen atoms in total. The van der Waals surface area contributed by atoms with Crippen LogP contribution >= 0.6 is 0 Å². The van der Waals surface area contributed by atoms with Gasteiger partial charge in [0, 0.05) is 16.8 Å². The van der Waals surface area contributed by atoms with Gasteiger partial charge in [-0.3, -0.25) is 0 Å². The Kier molecular flexibility index (Phi) is 18.7. The molecule has 0 atom stereocenters. The van der Waals surface area contributed by atoms with Crippen LogP contribution < -0.4 is 14.2 Å². The fraction of sp³-hybridized carbons (Fsp3) is 0.714. The molecule has 0 unspecified atom stereocenters. The lowest BCUT2D eigenvalue weighted by atomic mass is 10.1. The molecule has 0 aliphatic heterocycles. The van der Waals surface area contributed by atoms with E-state index in [9.17, 15) is 0 Å². The Morgan fingerprint density at radius 1 is 0.474 bits per heavy atom. The maximum Gasteiger partial charge on any atom is 0.169 e. The van der Waals surface area contributed by atoms with Crippen molar-refractivity contribution in [2.75, 3.05) is 20.3 Å². The minimum Gasteiger partial charge on any atom is -0.493 e. The third kappa shape index (κ3) is 13.3. The molecule has 0 heterocycles. The van der Waals surface area contributed by atoms with E-state index in [1.165, 1.54) is 116 Å². The summed E-state index contributed by atoms with van der Waals surface area (Å²) < 4.78 is 18.3. The lowest BCUT2D eigenvalue weighted by Crippen LogP contribution is -2.03. The predicted molar refractivity (Wildman–Crippen MR) is 165 cm³/mol. The van der Waals surface area contributed by atoms with Crippen molar-refractivity contribution in [1.82, 2.24) is 0 Å². The van der Waals surface area contributed by atoms with Gasteiger partial charge >= 0.3 is 0 Å². The lowest BCUT2D eigenvalue weighted by Gasteiger charge is -2.17. The van der Waals surface area contributed by atoms with E-state index in [-0.39, 0.29) is 0 Å². The number of rotatable bonds is 25. The predicted octanol–water partition coefficient (Wildman–Crippen LogP) is 11.4. The van der Waals surface area contributed by atoms with E-state index in [0.717, 1.165) is 54.1 Å². The van der Waals surface area contributed by atoms with Gasteiger partial charge in [0.05, 0.1) is 20.3 Å². The van der Waals surface area contributed by atoms with Crippen LogP contribution in [0.5, 0.6) is 17.2 Å². The molecule has 0 amide bonds. The van der Waals surface area contributed by atoms with Crippen molar-refractivity contribution in [2.45, 2.75) is 142 Å². The number of hydrogen-bond acceptors (Lipinski definition) is 3. The van der Waals surface area contributed by atoms with Crippen LogP contribution in [0.15, 0.2) is 30.3 Å². The van der Waals surface area contributed by atoms with Crippen LogP contribution in [0.3, 0.4) is 0 Å². The third-order valence-electron chi connectivity index (χ3n) is 7.64. The molecule has 3 heteroatoms. The van der Waals surface area contributed by atoms with Gasteiger partial charge in [-0.15, -0.1) is 0 Å². The smallest absolute Gasteiger partial charge is 0.169 e. The molecule has 0 radical (unpaired) electrons. The fourth-order valence-electron chi connectivity index (χ4n) is 5.25. The van der Waals surface area contributed by atoms with E-state index in [2.05, 4.69) is 38.1 Å². The van der Waals surface area contributed by atoms with Crippen LogP contribution in [0, 0.1) is 0 Å². The van der Waals surface area contributed by atoms with E-state index >= 15 is 0 Å². The van der Waals surface area contributed by atoms with Crippen molar-refractivity contribution in [3.05, 3.63) is 30.3 Å². The van der Waals surface area contributed by atoms with E-state index in [1.807, 2.05) is 6.07 Å². The summed E-state index contributed by atoms with van der Waals surface area (Å²) in [5.74, 6) is 2.53. The van der Waals surface area contributed by atoms with Crippen molar-refractivity contribution >= 4 is 10.8 Å². The zero-order chi connectivity index (χ0) is 27.1. The highest BCUT2D eigenvalue weighted by molar-refractivity contribution is 5.95. The van der Waals surface area contributed by atoms with Crippen molar-refractivity contribution in [3.63, 3.8) is 0 Å². The molecule has 0 N–H and O–H groups in total. The standard InChI is InChI=1S/C35H58O3/c1-4-6-8-10-12-14-16-18-20-24-28-37-33-30-34(36-3)35(32-27-23-22-26-31(32)33)38-29-25-21-19-17-15-13-11-9-7-5-2/h22-23,26-27,30H,4-21,24-25,28-29H2,1-3H3. The van der Waals surface area contributed by atoms with Gasteiger partial charge in [0.1, 0.15) is 5.75 Å². The molecule has 0 spiro atoms. The van der Waals surface area contributed by atoms with Crippen LogP contribution in [0.4, 0.5) is 0 Å². The number of hydrogen-bond donors (Lipinski definition) is 0. The minimum absolute atomic E-state index is 0.732.